The maximum Gasteiger partial charge on any atom is 0.0443 e. The van der Waals surface area contributed by atoms with Gasteiger partial charge in [-0.25, -0.2) is 0 Å². The molecule has 0 spiro atoms. The summed E-state index contributed by atoms with van der Waals surface area (Å²) in [5.41, 5.74) is 5.92. The van der Waals surface area contributed by atoms with Crippen LogP contribution < -0.4 is 11.1 Å². The molecule has 0 aromatic heterocycles. The molecule has 0 radical (unpaired) electrons. The lowest BCUT2D eigenvalue weighted by Gasteiger charge is -2.41. The third-order valence-corrected chi connectivity index (χ3v) is 2.99. The standard InChI is InChI=1S/C10H23N3O/c1-13-6-2-4-10(8-11,9-13)12-5-3-7-14/h12,14H,2-9,11H2,1H3. The third kappa shape index (κ3) is 3.20. The van der Waals surface area contributed by atoms with Crippen molar-refractivity contribution < 1.29 is 5.11 Å². The van der Waals surface area contributed by atoms with E-state index in [9.17, 15) is 0 Å². The Balaban J connectivity index is 2.39. The SMILES string of the molecule is CN1CCCC(CN)(NCCCO)C1. The summed E-state index contributed by atoms with van der Waals surface area (Å²) in [6.07, 6.45) is 3.17. The summed E-state index contributed by atoms with van der Waals surface area (Å²) in [5, 5.41) is 12.2. The second kappa shape index (κ2) is 5.66. The second-order valence-corrected chi connectivity index (χ2v) is 4.33. The van der Waals surface area contributed by atoms with Crippen molar-refractivity contribution in [2.24, 2.45) is 5.73 Å². The van der Waals surface area contributed by atoms with E-state index >= 15 is 0 Å². The van der Waals surface area contributed by atoms with Gasteiger partial charge in [0.05, 0.1) is 0 Å². The van der Waals surface area contributed by atoms with Gasteiger partial charge in [0.2, 0.25) is 0 Å². The molecule has 1 heterocycles. The maximum atomic E-state index is 8.72. The second-order valence-electron chi connectivity index (χ2n) is 4.33. The van der Waals surface area contributed by atoms with Gasteiger partial charge in [-0.3, -0.25) is 0 Å². The van der Waals surface area contributed by atoms with Gasteiger partial charge in [-0.05, 0) is 39.4 Å². The Bertz CT molecular complexity index is 165. The number of aliphatic hydroxyl groups is 1. The Morgan fingerprint density at radius 3 is 2.93 bits per heavy atom. The zero-order chi connectivity index (χ0) is 10.4. The lowest BCUT2D eigenvalue weighted by molar-refractivity contribution is 0.147. The van der Waals surface area contributed by atoms with Gasteiger partial charge in [0.1, 0.15) is 0 Å². The molecule has 1 fully saturated rings. The molecule has 1 unspecified atom stereocenters. The lowest BCUT2D eigenvalue weighted by Crippen LogP contribution is -2.60. The first kappa shape index (κ1) is 11.9. The summed E-state index contributed by atoms with van der Waals surface area (Å²) >= 11 is 0. The Morgan fingerprint density at radius 1 is 1.57 bits per heavy atom. The van der Waals surface area contributed by atoms with E-state index in [0.29, 0.717) is 6.54 Å². The number of nitrogens with two attached hydrogens (primary N) is 1. The summed E-state index contributed by atoms with van der Waals surface area (Å²) in [5.74, 6) is 0. The molecule has 0 aliphatic carbocycles. The van der Waals surface area contributed by atoms with E-state index in [1.807, 2.05) is 0 Å². The average molecular weight is 201 g/mol. The molecule has 0 saturated carbocycles. The summed E-state index contributed by atoms with van der Waals surface area (Å²) < 4.78 is 0. The molecule has 0 aromatic rings. The number of likely N-dealkylation sites (tertiary alicyclic amines) is 1. The highest BCUT2D eigenvalue weighted by Gasteiger charge is 2.31. The normalized spacial score (nSPS) is 29.4. The Kier molecular flexibility index (Phi) is 4.81. The first-order valence-electron chi connectivity index (χ1n) is 5.47. The molecule has 0 bridgehead atoms. The topological polar surface area (TPSA) is 61.5 Å². The molecular formula is C10H23N3O. The molecule has 1 atom stereocenters. The summed E-state index contributed by atoms with van der Waals surface area (Å²) in [6.45, 7) is 3.99. The fourth-order valence-corrected chi connectivity index (χ4v) is 2.18. The van der Waals surface area contributed by atoms with E-state index in [1.165, 1.54) is 13.0 Å². The van der Waals surface area contributed by atoms with Crippen LogP contribution in [0.1, 0.15) is 19.3 Å². The number of nitrogens with one attached hydrogen (secondary N) is 1. The Hall–Kier alpha value is -0.160. The van der Waals surface area contributed by atoms with Crippen LogP contribution in [0.3, 0.4) is 0 Å². The predicted molar refractivity (Wildman–Crippen MR) is 58.2 cm³/mol. The van der Waals surface area contributed by atoms with Gasteiger partial charge in [0.25, 0.3) is 0 Å². The minimum atomic E-state index is 0.0855. The van der Waals surface area contributed by atoms with Crippen LogP contribution in [0.2, 0.25) is 0 Å². The van der Waals surface area contributed by atoms with Crippen molar-refractivity contribution in [3.05, 3.63) is 0 Å². The maximum absolute atomic E-state index is 8.72. The number of hydrogen-bond donors (Lipinski definition) is 3. The zero-order valence-corrected chi connectivity index (χ0v) is 9.13. The van der Waals surface area contributed by atoms with Crippen LogP contribution >= 0.6 is 0 Å². The molecule has 1 rings (SSSR count). The number of piperidine rings is 1. The third-order valence-electron chi connectivity index (χ3n) is 2.99. The van der Waals surface area contributed by atoms with Crippen molar-refractivity contribution in [1.82, 2.24) is 10.2 Å². The molecule has 1 aliphatic heterocycles. The first-order valence-corrected chi connectivity index (χ1v) is 5.47. The number of hydrogen-bond acceptors (Lipinski definition) is 4. The van der Waals surface area contributed by atoms with Gasteiger partial charge in [-0.1, -0.05) is 0 Å². The van der Waals surface area contributed by atoms with E-state index in [-0.39, 0.29) is 12.1 Å². The summed E-state index contributed by atoms with van der Waals surface area (Å²) in [4.78, 5) is 2.32. The zero-order valence-electron chi connectivity index (χ0n) is 9.13. The van der Waals surface area contributed by atoms with Gasteiger partial charge in [-0.15, -0.1) is 0 Å². The molecular weight excluding hydrogens is 178 g/mol. The minimum Gasteiger partial charge on any atom is -0.396 e. The van der Waals surface area contributed by atoms with Crippen LogP contribution in [0.25, 0.3) is 0 Å². The van der Waals surface area contributed by atoms with Crippen LogP contribution in [0.4, 0.5) is 0 Å². The van der Waals surface area contributed by atoms with E-state index < -0.39 is 0 Å². The van der Waals surface area contributed by atoms with E-state index in [1.54, 1.807) is 0 Å². The van der Waals surface area contributed by atoms with Crippen molar-refractivity contribution in [3.63, 3.8) is 0 Å². The highest BCUT2D eigenvalue weighted by Crippen LogP contribution is 2.18. The quantitative estimate of drug-likeness (QED) is 0.519. The number of likely N-dealkylation sites (N-methyl/N-ethyl adjacent to an activating group) is 1. The molecule has 4 nitrogen and oxygen atoms in total. The summed E-state index contributed by atoms with van der Waals surface area (Å²) in [7, 11) is 2.14. The molecule has 14 heavy (non-hydrogen) atoms. The number of aliphatic hydroxyl groups excluding tert-OH is 1. The predicted octanol–water partition coefficient (Wildman–Crippen LogP) is -0.618. The minimum absolute atomic E-state index is 0.0855. The molecule has 4 heteroatoms. The molecule has 1 aliphatic rings. The van der Waals surface area contributed by atoms with Gasteiger partial charge >= 0.3 is 0 Å². The molecule has 0 aromatic carbocycles. The van der Waals surface area contributed by atoms with Gasteiger partial charge < -0.3 is 21.1 Å². The van der Waals surface area contributed by atoms with Crippen LogP contribution in [0.15, 0.2) is 0 Å². The molecule has 0 amide bonds. The van der Waals surface area contributed by atoms with Crippen molar-refractivity contribution in [2.75, 3.05) is 39.8 Å². The molecule has 84 valence electrons. The van der Waals surface area contributed by atoms with Crippen molar-refractivity contribution in [3.8, 4) is 0 Å². The lowest BCUT2D eigenvalue weighted by atomic mass is 9.89. The van der Waals surface area contributed by atoms with E-state index in [2.05, 4.69) is 17.3 Å². The van der Waals surface area contributed by atoms with Gasteiger partial charge in [-0.2, -0.15) is 0 Å². The number of rotatable bonds is 5. The fraction of sp³-hybridized carbons (Fsp3) is 1.00. The van der Waals surface area contributed by atoms with Crippen LogP contribution in [-0.2, 0) is 0 Å². The Morgan fingerprint density at radius 2 is 2.36 bits per heavy atom. The van der Waals surface area contributed by atoms with Crippen LogP contribution in [-0.4, -0.2) is 55.4 Å². The first-order chi connectivity index (χ1) is 6.72. The van der Waals surface area contributed by atoms with Crippen LogP contribution in [0.5, 0.6) is 0 Å². The van der Waals surface area contributed by atoms with Crippen molar-refractivity contribution in [2.45, 2.75) is 24.8 Å². The van der Waals surface area contributed by atoms with E-state index in [0.717, 1.165) is 25.9 Å². The fourth-order valence-electron chi connectivity index (χ4n) is 2.18. The molecule has 1 saturated heterocycles. The average Bonchev–Trinajstić information content (AvgIpc) is 2.18. The van der Waals surface area contributed by atoms with Crippen LogP contribution in [0, 0.1) is 0 Å². The van der Waals surface area contributed by atoms with Gasteiger partial charge in [0, 0.05) is 25.2 Å². The van der Waals surface area contributed by atoms with Crippen molar-refractivity contribution >= 4 is 0 Å². The Labute approximate surface area is 86.5 Å². The molecule has 4 N–H and O–H groups in total. The van der Waals surface area contributed by atoms with E-state index in [4.69, 9.17) is 10.8 Å². The van der Waals surface area contributed by atoms with Gasteiger partial charge in [0.15, 0.2) is 0 Å². The monoisotopic (exact) mass is 201 g/mol. The summed E-state index contributed by atoms with van der Waals surface area (Å²) in [6, 6.07) is 0. The van der Waals surface area contributed by atoms with Crippen molar-refractivity contribution in [1.29, 1.82) is 0 Å². The highest BCUT2D eigenvalue weighted by molar-refractivity contribution is 4.94. The highest BCUT2D eigenvalue weighted by atomic mass is 16.3. The smallest absolute Gasteiger partial charge is 0.0443 e. The number of nitrogens with zero attached hydrogens (tertiary/aromatic N) is 1. The largest absolute Gasteiger partial charge is 0.396 e.